The van der Waals surface area contributed by atoms with Gasteiger partial charge in [0.05, 0.1) is 0 Å². The van der Waals surface area contributed by atoms with Crippen LogP contribution < -0.4 is 14.4 Å². The van der Waals surface area contributed by atoms with E-state index in [-0.39, 0.29) is 18.2 Å². The molecule has 5 nitrogen and oxygen atoms in total. The zero-order valence-corrected chi connectivity index (χ0v) is 13.8. The first-order valence-electron chi connectivity index (χ1n) is 7.02. The Bertz CT molecular complexity index is 729. The molecule has 0 spiro atoms. The van der Waals surface area contributed by atoms with Crippen LogP contribution >= 0.6 is 0 Å². The van der Waals surface area contributed by atoms with Crippen molar-refractivity contribution in [3.63, 3.8) is 0 Å². The van der Waals surface area contributed by atoms with E-state index in [1.165, 1.54) is 24.3 Å². The monoisotopic (exact) mass is 338 g/mol. The zero-order chi connectivity index (χ0) is 16.9. The number of anilines is 2. The van der Waals surface area contributed by atoms with Gasteiger partial charge in [0.2, 0.25) is 10.0 Å². The van der Waals surface area contributed by atoms with E-state index in [1.807, 2.05) is 31.1 Å². The number of nitrogens with one attached hydrogen (secondary N) is 1. The van der Waals surface area contributed by atoms with Crippen molar-refractivity contribution >= 4 is 21.4 Å². The van der Waals surface area contributed by atoms with Crippen LogP contribution in [-0.4, -0.2) is 34.9 Å². The van der Waals surface area contributed by atoms with Gasteiger partial charge in [-0.15, -0.1) is 0 Å². The molecule has 0 unspecified atom stereocenters. The summed E-state index contributed by atoms with van der Waals surface area (Å²) in [5, 5.41) is 0. The van der Waals surface area contributed by atoms with Crippen LogP contribution in [0.25, 0.3) is 0 Å². The van der Waals surface area contributed by atoms with Crippen molar-refractivity contribution in [2.45, 2.75) is 0 Å². The molecule has 0 saturated carbocycles. The van der Waals surface area contributed by atoms with Gasteiger partial charge in [-0.25, -0.2) is 12.8 Å². The molecule has 0 aliphatic rings. The van der Waals surface area contributed by atoms with Crippen molar-refractivity contribution in [3.05, 3.63) is 54.3 Å². The summed E-state index contributed by atoms with van der Waals surface area (Å²) in [4.78, 5) is 1.93. The van der Waals surface area contributed by atoms with Gasteiger partial charge in [0.25, 0.3) is 0 Å². The first-order chi connectivity index (χ1) is 10.9. The fourth-order valence-corrected chi connectivity index (χ4v) is 2.76. The van der Waals surface area contributed by atoms with E-state index < -0.39 is 10.0 Å². The molecule has 2 aromatic rings. The van der Waals surface area contributed by atoms with Gasteiger partial charge in [-0.1, -0.05) is 0 Å². The number of hydrogen-bond donors (Lipinski definition) is 1. The highest BCUT2D eigenvalue weighted by Gasteiger charge is 2.11. The van der Waals surface area contributed by atoms with Gasteiger partial charge in [-0.2, -0.15) is 0 Å². The lowest BCUT2D eigenvalue weighted by molar-refractivity contribution is 0.340. The summed E-state index contributed by atoms with van der Waals surface area (Å²) in [7, 11) is 0.309. The lowest BCUT2D eigenvalue weighted by Crippen LogP contribution is -2.21. The molecule has 2 rings (SSSR count). The molecule has 0 aliphatic heterocycles. The number of halogens is 1. The quantitative estimate of drug-likeness (QED) is 0.843. The summed E-state index contributed by atoms with van der Waals surface area (Å²) in [6, 6.07) is 12.5. The predicted molar refractivity (Wildman–Crippen MR) is 90.1 cm³/mol. The van der Waals surface area contributed by atoms with Crippen LogP contribution in [0.15, 0.2) is 48.5 Å². The highest BCUT2D eigenvalue weighted by molar-refractivity contribution is 7.92. The van der Waals surface area contributed by atoms with Crippen molar-refractivity contribution in [1.29, 1.82) is 0 Å². The number of sulfonamides is 1. The third kappa shape index (κ3) is 5.45. The Hall–Kier alpha value is -2.28. The molecule has 0 atom stereocenters. The van der Waals surface area contributed by atoms with E-state index in [4.69, 9.17) is 4.74 Å². The average molecular weight is 338 g/mol. The summed E-state index contributed by atoms with van der Waals surface area (Å²) in [5.74, 6) is -0.135. The van der Waals surface area contributed by atoms with Crippen LogP contribution in [0.4, 0.5) is 15.8 Å². The summed E-state index contributed by atoms with van der Waals surface area (Å²) >= 11 is 0. The SMILES string of the molecule is CN(C)c1ccc(NS(=O)(=O)CCOc2ccc(F)cc2)cc1. The fraction of sp³-hybridized carbons (Fsp3) is 0.250. The maximum absolute atomic E-state index is 12.8. The van der Waals surface area contributed by atoms with Crippen molar-refractivity contribution in [2.24, 2.45) is 0 Å². The second-order valence-corrected chi connectivity index (χ2v) is 7.01. The molecular formula is C16H19FN2O3S. The minimum absolute atomic E-state index is 0.0171. The van der Waals surface area contributed by atoms with E-state index in [0.717, 1.165) is 5.69 Å². The Labute approximate surface area is 135 Å². The Morgan fingerprint density at radius 1 is 1.04 bits per heavy atom. The molecule has 23 heavy (non-hydrogen) atoms. The van der Waals surface area contributed by atoms with Crippen molar-refractivity contribution in [2.75, 3.05) is 36.1 Å². The van der Waals surface area contributed by atoms with E-state index in [0.29, 0.717) is 11.4 Å². The second-order valence-electron chi connectivity index (χ2n) is 5.16. The maximum Gasteiger partial charge on any atom is 0.236 e. The topological polar surface area (TPSA) is 58.6 Å². The molecule has 0 aliphatic carbocycles. The minimum atomic E-state index is -3.51. The Kier molecular flexibility index (Phi) is 5.44. The number of rotatable bonds is 7. The summed E-state index contributed by atoms with van der Waals surface area (Å²) in [5.41, 5.74) is 1.48. The maximum atomic E-state index is 12.8. The van der Waals surface area contributed by atoms with Crippen LogP contribution in [0, 0.1) is 5.82 Å². The van der Waals surface area contributed by atoms with E-state index in [9.17, 15) is 12.8 Å². The van der Waals surface area contributed by atoms with Crippen LogP contribution in [0.3, 0.4) is 0 Å². The number of hydrogen-bond acceptors (Lipinski definition) is 4. The Morgan fingerprint density at radius 3 is 2.22 bits per heavy atom. The Morgan fingerprint density at radius 2 is 1.65 bits per heavy atom. The van der Waals surface area contributed by atoms with Gasteiger partial charge in [-0.3, -0.25) is 4.72 Å². The lowest BCUT2D eigenvalue weighted by Gasteiger charge is -2.13. The molecule has 7 heteroatoms. The average Bonchev–Trinajstić information content (AvgIpc) is 2.49. The molecule has 1 N–H and O–H groups in total. The minimum Gasteiger partial charge on any atom is -0.492 e. The van der Waals surface area contributed by atoms with Crippen LogP contribution in [0.2, 0.25) is 0 Å². The smallest absolute Gasteiger partial charge is 0.236 e. The molecular weight excluding hydrogens is 319 g/mol. The van der Waals surface area contributed by atoms with Crippen LogP contribution in [0.1, 0.15) is 0 Å². The standard InChI is InChI=1S/C16H19FN2O3S/c1-19(2)15-7-5-14(6-8-15)18-23(20,21)12-11-22-16-9-3-13(17)4-10-16/h3-10,18H,11-12H2,1-2H3. The van der Waals surface area contributed by atoms with Crippen LogP contribution in [-0.2, 0) is 10.0 Å². The molecule has 0 amide bonds. The zero-order valence-electron chi connectivity index (χ0n) is 13.0. The van der Waals surface area contributed by atoms with Gasteiger partial charge in [-0.05, 0) is 48.5 Å². The second kappa shape index (κ2) is 7.32. The van der Waals surface area contributed by atoms with Crippen molar-refractivity contribution in [3.8, 4) is 5.75 Å². The normalized spacial score (nSPS) is 11.1. The van der Waals surface area contributed by atoms with Gasteiger partial charge < -0.3 is 9.64 Å². The highest BCUT2D eigenvalue weighted by Crippen LogP contribution is 2.17. The third-order valence-electron chi connectivity index (χ3n) is 3.09. The number of benzene rings is 2. The molecule has 124 valence electrons. The molecule has 0 fully saturated rings. The molecule has 0 heterocycles. The number of ether oxygens (including phenoxy) is 1. The van der Waals surface area contributed by atoms with Gasteiger partial charge in [0.15, 0.2) is 0 Å². The molecule has 0 saturated heterocycles. The van der Waals surface area contributed by atoms with Gasteiger partial charge >= 0.3 is 0 Å². The van der Waals surface area contributed by atoms with Gasteiger partial charge in [0, 0.05) is 25.5 Å². The van der Waals surface area contributed by atoms with E-state index in [1.54, 1.807) is 12.1 Å². The van der Waals surface area contributed by atoms with E-state index in [2.05, 4.69) is 4.72 Å². The van der Waals surface area contributed by atoms with E-state index >= 15 is 0 Å². The van der Waals surface area contributed by atoms with Gasteiger partial charge in [0.1, 0.15) is 23.9 Å². The lowest BCUT2D eigenvalue weighted by atomic mass is 10.3. The summed E-state index contributed by atoms with van der Waals surface area (Å²) < 4.78 is 44.5. The number of nitrogens with zero attached hydrogens (tertiary/aromatic N) is 1. The molecule has 0 radical (unpaired) electrons. The fourth-order valence-electron chi connectivity index (χ4n) is 1.86. The third-order valence-corrected chi connectivity index (χ3v) is 4.34. The molecule has 0 bridgehead atoms. The summed E-state index contributed by atoms with van der Waals surface area (Å²) in [6.45, 7) is -0.0171. The summed E-state index contributed by atoms with van der Waals surface area (Å²) in [6.07, 6.45) is 0. The predicted octanol–water partition coefficient (Wildman–Crippen LogP) is 2.71. The van der Waals surface area contributed by atoms with Crippen molar-refractivity contribution < 1.29 is 17.5 Å². The largest absolute Gasteiger partial charge is 0.492 e. The molecule has 2 aromatic carbocycles. The first kappa shape index (κ1) is 17.1. The Balaban J connectivity index is 1.87. The van der Waals surface area contributed by atoms with Crippen molar-refractivity contribution in [1.82, 2.24) is 0 Å². The molecule has 0 aromatic heterocycles. The first-order valence-corrected chi connectivity index (χ1v) is 8.67. The highest BCUT2D eigenvalue weighted by atomic mass is 32.2. The van der Waals surface area contributed by atoms with Crippen LogP contribution in [0.5, 0.6) is 5.75 Å².